The number of carboxylic acid groups (broad SMARTS) is 1. The molecule has 1 aliphatic carbocycles. The number of carbonyl (C=O) groups excluding carboxylic acids is 1. The summed E-state index contributed by atoms with van der Waals surface area (Å²) in [4.78, 5) is 42.1. The van der Waals surface area contributed by atoms with E-state index in [1.807, 2.05) is 41.0 Å². The zero-order chi connectivity index (χ0) is 26.7. The molecular formula is C29H30FN3O5. The molecule has 0 bridgehead atoms. The van der Waals surface area contributed by atoms with E-state index in [4.69, 9.17) is 4.74 Å². The number of pyridine rings is 1. The van der Waals surface area contributed by atoms with Gasteiger partial charge in [0.15, 0.2) is 11.6 Å². The number of aromatic carboxylic acids is 1. The first-order valence-corrected chi connectivity index (χ1v) is 13.1. The first-order chi connectivity index (χ1) is 18.3. The Morgan fingerprint density at radius 2 is 1.84 bits per heavy atom. The predicted octanol–water partition coefficient (Wildman–Crippen LogP) is 4.23. The molecule has 2 aromatic carbocycles. The molecule has 3 aromatic rings. The summed E-state index contributed by atoms with van der Waals surface area (Å²) in [5.74, 6) is -1.58. The van der Waals surface area contributed by atoms with Crippen LogP contribution in [0.25, 0.3) is 10.9 Å². The molecule has 6 rings (SSSR count). The van der Waals surface area contributed by atoms with Gasteiger partial charge in [0.2, 0.25) is 5.43 Å². The number of benzene rings is 2. The Hall–Kier alpha value is -3.88. The monoisotopic (exact) mass is 519 g/mol. The van der Waals surface area contributed by atoms with Crippen LogP contribution >= 0.6 is 0 Å². The van der Waals surface area contributed by atoms with Gasteiger partial charge < -0.3 is 24.2 Å². The minimum Gasteiger partial charge on any atom is -0.492 e. The maximum atomic E-state index is 15.8. The van der Waals surface area contributed by atoms with Crippen LogP contribution in [0, 0.1) is 18.7 Å². The van der Waals surface area contributed by atoms with Crippen LogP contribution in [0.1, 0.15) is 58.0 Å². The van der Waals surface area contributed by atoms with Gasteiger partial charge in [0, 0.05) is 37.4 Å². The summed E-state index contributed by atoms with van der Waals surface area (Å²) in [6.45, 7) is 3.64. The number of piperidine rings is 1. The Morgan fingerprint density at radius 3 is 2.50 bits per heavy atom. The number of carboxylic acids is 1. The molecule has 1 saturated carbocycles. The third kappa shape index (κ3) is 3.92. The first-order valence-electron chi connectivity index (χ1n) is 13.1. The normalized spacial score (nSPS) is 21.0. The topological polar surface area (TPSA) is 92.1 Å². The number of rotatable bonds is 5. The van der Waals surface area contributed by atoms with Crippen LogP contribution in [-0.4, -0.2) is 59.2 Å². The van der Waals surface area contributed by atoms with Crippen LogP contribution in [0.2, 0.25) is 0 Å². The molecule has 0 spiro atoms. The van der Waals surface area contributed by atoms with Gasteiger partial charge in [-0.05, 0) is 56.7 Å². The quantitative estimate of drug-likeness (QED) is 0.543. The van der Waals surface area contributed by atoms with Crippen molar-refractivity contribution < 1.29 is 23.8 Å². The van der Waals surface area contributed by atoms with E-state index in [0.29, 0.717) is 30.7 Å². The van der Waals surface area contributed by atoms with E-state index in [1.54, 1.807) is 4.57 Å². The molecule has 1 N–H and O–H groups in total. The van der Waals surface area contributed by atoms with Crippen LogP contribution < -0.4 is 15.1 Å². The number of carbonyl (C=O) groups is 2. The maximum Gasteiger partial charge on any atom is 0.341 e. The minimum absolute atomic E-state index is 0.00249. The second-order valence-corrected chi connectivity index (χ2v) is 10.7. The molecule has 2 aliphatic heterocycles. The van der Waals surface area contributed by atoms with Crippen LogP contribution in [0.3, 0.4) is 0 Å². The van der Waals surface area contributed by atoms with Crippen molar-refractivity contribution >= 4 is 28.5 Å². The van der Waals surface area contributed by atoms with Gasteiger partial charge in [0.1, 0.15) is 11.3 Å². The highest BCUT2D eigenvalue weighted by Gasteiger charge is 2.43. The summed E-state index contributed by atoms with van der Waals surface area (Å²) in [6.07, 6.45) is 4.86. The number of hydrogen-bond acceptors (Lipinski definition) is 5. The van der Waals surface area contributed by atoms with Crippen molar-refractivity contribution in [1.82, 2.24) is 9.47 Å². The molecule has 8 nitrogen and oxygen atoms in total. The summed E-state index contributed by atoms with van der Waals surface area (Å²) in [5, 5.41) is 9.58. The Bertz CT molecular complexity index is 1510. The number of methoxy groups -OCH3 is 1. The zero-order valence-corrected chi connectivity index (χ0v) is 21.4. The zero-order valence-electron chi connectivity index (χ0n) is 21.4. The molecule has 38 heavy (non-hydrogen) atoms. The highest BCUT2D eigenvalue weighted by Crippen LogP contribution is 2.45. The number of nitrogens with zero attached hydrogens (tertiary/aromatic N) is 3. The number of halogens is 1. The van der Waals surface area contributed by atoms with E-state index < -0.39 is 17.2 Å². The van der Waals surface area contributed by atoms with Crippen molar-refractivity contribution in [2.24, 2.45) is 5.92 Å². The number of aromatic nitrogens is 1. The van der Waals surface area contributed by atoms with Crippen molar-refractivity contribution in [3.63, 3.8) is 0 Å². The third-order valence-corrected chi connectivity index (χ3v) is 8.23. The minimum atomic E-state index is -1.34. The molecule has 1 amide bonds. The molecule has 2 atom stereocenters. The van der Waals surface area contributed by atoms with Crippen molar-refractivity contribution in [3.05, 3.63) is 69.3 Å². The number of aryl methyl sites for hydroxylation is 1. The lowest BCUT2D eigenvalue weighted by atomic mass is 9.91. The molecular weight excluding hydrogens is 489 g/mol. The van der Waals surface area contributed by atoms with E-state index in [1.165, 1.54) is 13.3 Å². The highest BCUT2D eigenvalue weighted by molar-refractivity contribution is 5.97. The van der Waals surface area contributed by atoms with Crippen molar-refractivity contribution in [1.29, 1.82) is 0 Å². The Kier molecular flexibility index (Phi) is 5.89. The Morgan fingerprint density at radius 1 is 1.11 bits per heavy atom. The van der Waals surface area contributed by atoms with Crippen molar-refractivity contribution in [2.75, 3.05) is 31.6 Å². The van der Waals surface area contributed by atoms with Crippen LogP contribution in [0.15, 0.2) is 41.3 Å². The first kappa shape index (κ1) is 24.5. The maximum absolute atomic E-state index is 15.8. The largest absolute Gasteiger partial charge is 0.492 e. The van der Waals surface area contributed by atoms with Gasteiger partial charge in [-0.15, -0.1) is 0 Å². The van der Waals surface area contributed by atoms with E-state index in [2.05, 4.69) is 0 Å². The number of anilines is 1. The van der Waals surface area contributed by atoms with Gasteiger partial charge in [-0.25, -0.2) is 9.18 Å². The average molecular weight is 520 g/mol. The van der Waals surface area contributed by atoms with Crippen molar-refractivity contribution in [3.8, 4) is 5.75 Å². The third-order valence-electron chi connectivity index (χ3n) is 8.23. The summed E-state index contributed by atoms with van der Waals surface area (Å²) in [7, 11) is 1.45. The molecule has 0 unspecified atom stereocenters. The van der Waals surface area contributed by atoms with E-state index in [0.717, 1.165) is 37.3 Å². The van der Waals surface area contributed by atoms with Crippen molar-refractivity contribution in [2.45, 2.75) is 44.7 Å². The summed E-state index contributed by atoms with van der Waals surface area (Å²) >= 11 is 0. The Balaban J connectivity index is 1.42. The summed E-state index contributed by atoms with van der Waals surface area (Å²) in [5.41, 5.74) is 1.31. The van der Waals surface area contributed by atoms with Gasteiger partial charge in [0.25, 0.3) is 5.91 Å². The summed E-state index contributed by atoms with van der Waals surface area (Å²) in [6, 6.07) is 8.67. The summed E-state index contributed by atoms with van der Waals surface area (Å²) < 4.78 is 23.3. The van der Waals surface area contributed by atoms with E-state index in [9.17, 15) is 19.5 Å². The molecule has 3 fully saturated rings. The fraction of sp³-hybridized carbons (Fsp3) is 0.414. The lowest BCUT2D eigenvalue weighted by molar-refractivity contribution is 0.0575. The number of amides is 1. The molecule has 3 heterocycles. The number of fused-ring (bicyclic) bond motifs is 2. The highest BCUT2D eigenvalue weighted by atomic mass is 19.1. The lowest BCUT2D eigenvalue weighted by Gasteiger charge is -2.37. The van der Waals surface area contributed by atoms with Crippen LogP contribution in [0.5, 0.6) is 5.75 Å². The molecule has 1 aromatic heterocycles. The number of ether oxygens (including phenoxy) is 1. The molecule has 9 heteroatoms. The van der Waals surface area contributed by atoms with Crippen LogP contribution in [-0.2, 0) is 0 Å². The molecule has 198 valence electrons. The van der Waals surface area contributed by atoms with E-state index in [-0.39, 0.29) is 46.3 Å². The van der Waals surface area contributed by atoms with Gasteiger partial charge >= 0.3 is 5.97 Å². The smallest absolute Gasteiger partial charge is 0.341 e. The number of likely N-dealkylation sites (tertiary alicyclic amines) is 1. The second-order valence-electron chi connectivity index (χ2n) is 10.7. The van der Waals surface area contributed by atoms with Gasteiger partial charge in [-0.2, -0.15) is 0 Å². The van der Waals surface area contributed by atoms with E-state index >= 15 is 4.39 Å². The molecule has 0 radical (unpaired) electrons. The van der Waals surface area contributed by atoms with Gasteiger partial charge in [-0.3, -0.25) is 9.59 Å². The Labute approximate surface area is 219 Å². The standard InChI is InChI=1S/C29H30FN3O5/c1-16-5-7-17(8-6-16)28(35)32-11-3-4-18-13-31(15-23(18)32)25-22(30)12-20-24(27(25)38-2)33(19-9-10-19)14-21(26(20)34)29(36)37/h5-8,12,14,18-19,23H,3-4,9-11,13,15H2,1-2H3,(H,36,37)/t18-,23+/m1/s1. The van der Waals surface area contributed by atoms with Crippen LogP contribution in [0.4, 0.5) is 10.1 Å². The second kappa shape index (κ2) is 9.15. The number of hydrogen-bond donors (Lipinski definition) is 1. The molecule has 2 saturated heterocycles. The lowest BCUT2D eigenvalue weighted by Crippen LogP contribution is -2.48. The van der Waals surface area contributed by atoms with Gasteiger partial charge in [0.05, 0.1) is 24.1 Å². The van der Waals surface area contributed by atoms with Gasteiger partial charge in [-0.1, -0.05) is 17.7 Å². The fourth-order valence-electron chi connectivity index (χ4n) is 6.20. The SMILES string of the molecule is COc1c(N2C[C@H]3CCCN(C(=O)c4ccc(C)cc4)[C@H]3C2)c(F)cc2c(=O)c(C(=O)O)cn(C3CC3)c12. The molecule has 3 aliphatic rings. The fourth-order valence-corrected chi connectivity index (χ4v) is 6.20. The predicted molar refractivity (Wildman–Crippen MR) is 141 cm³/mol. The average Bonchev–Trinajstić information content (AvgIpc) is 3.66.